The number of fused-ring (bicyclic) bond motifs is 3. The second-order valence-corrected chi connectivity index (χ2v) is 5.07. The van der Waals surface area contributed by atoms with Crippen LogP contribution in [-0.2, 0) is 11.2 Å². The number of alkyl halides is 3. The van der Waals surface area contributed by atoms with Crippen LogP contribution in [-0.4, -0.2) is 28.9 Å². The Balaban J connectivity index is 2.13. The van der Waals surface area contributed by atoms with Gasteiger partial charge in [0.05, 0.1) is 24.4 Å². The van der Waals surface area contributed by atoms with Gasteiger partial charge in [-0.3, -0.25) is 5.10 Å². The SMILES string of the molecule is CCOC(=O)c1oc2c(c1C)-c1[nH]ncc1C(C(F)(F)F)C2. The van der Waals surface area contributed by atoms with Crippen molar-refractivity contribution in [3.63, 3.8) is 0 Å². The first-order valence-electron chi connectivity index (χ1n) is 6.74. The molecule has 0 bridgehead atoms. The molecule has 0 fully saturated rings. The molecule has 22 heavy (non-hydrogen) atoms. The van der Waals surface area contributed by atoms with Crippen molar-refractivity contribution >= 4 is 5.97 Å². The number of nitrogens with one attached hydrogen (secondary N) is 1. The molecule has 5 nitrogen and oxygen atoms in total. The molecule has 8 heteroatoms. The van der Waals surface area contributed by atoms with Crippen molar-refractivity contribution < 1.29 is 27.1 Å². The highest BCUT2D eigenvalue weighted by Crippen LogP contribution is 2.48. The Morgan fingerprint density at radius 1 is 1.55 bits per heavy atom. The van der Waals surface area contributed by atoms with Crippen LogP contribution in [0.2, 0.25) is 0 Å². The predicted molar refractivity (Wildman–Crippen MR) is 69.5 cm³/mol. The Morgan fingerprint density at radius 2 is 2.27 bits per heavy atom. The minimum Gasteiger partial charge on any atom is -0.460 e. The van der Waals surface area contributed by atoms with E-state index in [1.54, 1.807) is 13.8 Å². The normalized spacial score (nSPS) is 17.0. The smallest absolute Gasteiger partial charge is 0.396 e. The molecular weight excluding hydrogens is 301 g/mol. The van der Waals surface area contributed by atoms with Crippen LogP contribution in [0.25, 0.3) is 11.3 Å². The maximum Gasteiger partial charge on any atom is 0.396 e. The van der Waals surface area contributed by atoms with Crippen LogP contribution in [0.4, 0.5) is 13.2 Å². The Hall–Kier alpha value is -2.25. The summed E-state index contributed by atoms with van der Waals surface area (Å²) in [5.74, 6) is -2.32. The van der Waals surface area contributed by atoms with Crippen molar-refractivity contribution in [3.8, 4) is 11.3 Å². The van der Waals surface area contributed by atoms with Gasteiger partial charge in [0.1, 0.15) is 5.76 Å². The van der Waals surface area contributed by atoms with Crippen LogP contribution in [0.5, 0.6) is 0 Å². The number of carbonyl (C=O) groups excluding carboxylic acids is 1. The van der Waals surface area contributed by atoms with Crippen LogP contribution in [0.1, 0.15) is 40.3 Å². The standard InChI is InChI=1S/C14H13F3N2O3/c1-3-21-13(20)12-6(2)10-9(22-12)4-8(14(15,16)17)7-5-18-19-11(7)10/h5,8H,3-4H2,1-2H3,(H,18,19). The molecule has 118 valence electrons. The molecule has 0 aliphatic heterocycles. The van der Waals surface area contributed by atoms with Gasteiger partial charge in [-0.05, 0) is 13.8 Å². The van der Waals surface area contributed by atoms with Crippen LogP contribution >= 0.6 is 0 Å². The van der Waals surface area contributed by atoms with E-state index in [0.717, 1.165) is 0 Å². The summed E-state index contributed by atoms with van der Waals surface area (Å²) in [5, 5.41) is 6.29. The first-order valence-corrected chi connectivity index (χ1v) is 6.74. The van der Waals surface area contributed by atoms with Gasteiger partial charge in [0.15, 0.2) is 0 Å². The monoisotopic (exact) mass is 314 g/mol. The maximum absolute atomic E-state index is 13.2. The summed E-state index contributed by atoms with van der Waals surface area (Å²) < 4.78 is 49.9. The summed E-state index contributed by atoms with van der Waals surface area (Å²) in [7, 11) is 0. The summed E-state index contributed by atoms with van der Waals surface area (Å²) in [6.45, 7) is 3.42. The number of nitrogens with zero attached hydrogens (tertiary/aromatic N) is 1. The Bertz CT molecular complexity index is 730. The van der Waals surface area contributed by atoms with E-state index < -0.39 is 18.1 Å². The molecule has 1 unspecified atom stereocenters. The highest BCUT2D eigenvalue weighted by molar-refractivity contribution is 5.91. The topological polar surface area (TPSA) is 68.1 Å². The lowest BCUT2D eigenvalue weighted by Crippen LogP contribution is -2.25. The highest BCUT2D eigenvalue weighted by Gasteiger charge is 2.47. The molecule has 0 aromatic carbocycles. The van der Waals surface area contributed by atoms with E-state index in [2.05, 4.69) is 10.2 Å². The lowest BCUT2D eigenvalue weighted by molar-refractivity contribution is -0.151. The maximum atomic E-state index is 13.2. The van der Waals surface area contributed by atoms with E-state index in [0.29, 0.717) is 11.1 Å². The van der Waals surface area contributed by atoms with E-state index in [-0.39, 0.29) is 35.8 Å². The zero-order valence-electron chi connectivity index (χ0n) is 11.9. The number of rotatable bonds is 2. The molecule has 1 atom stereocenters. The first kappa shape index (κ1) is 14.7. The fourth-order valence-corrected chi connectivity index (χ4v) is 2.78. The van der Waals surface area contributed by atoms with Crippen molar-refractivity contribution in [1.82, 2.24) is 10.2 Å². The number of hydrogen-bond donors (Lipinski definition) is 1. The minimum atomic E-state index is -4.42. The van der Waals surface area contributed by atoms with Gasteiger partial charge in [-0.25, -0.2) is 4.79 Å². The van der Waals surface area contributed by atoms with Crippen molar-refractivity contribution in [2.75, 3.05) is 6.61 Å². The zero-order chi connectivity index (χ0) is 16.1. The van der Waals surface area contributed by atoms with E-state index in [1.165, 1.54) is 6.20 Å². The van der Waals surface area contributed by atoms with Gasteiger partial charge in [0.2, 0.25) is 5.76 Å². The number of carbonyl (C=O) groups is 1. The third-order valence-corrected chi connectivity index (χ3v) is 3.76. The number of halogens is 3. The molecule has 0 spiro atoms. The largest absolute Gasteiger partial charge is 0.460 e. The molecule has 0 saturated heterocycles. The second kappa shape index (κ2) is 4.89. The summed E-state index contributed by atoms with van der Waals surface area (Å²) in [5.41, 5.74) is 1.25. The summed E-state index contributed by atoms with van der Waals surface area (Å²) >= 11 is 0. The average molecular weight is 314 g/mol. The van der Waals surface area contributed by atoms with E-state index in [4.69, 9.17) is 9.15 Å². The number of ether oxygens (including phenoxy) is 1. The summed E-state index contributed by atoms with van der Waals surface area (Å²) in [6.07, 6.45) is -3.60. The molecule has 2 heterocycles. The van der Waals surface area contributed by atoms with Gasteiger partial charge >= 0.3 is 12.1 Å². The fourth-order valence-electron chi connectivity index (χ4n) is 2.78. The minimum absolute atomic E-state index is 0.0600. The van der Waals surface area contributed by atoms with Gasteiger partial charge in [0.25, 0.3) is 0 Å². The number of esters is 1. The Morgan fingerprint density at radius 3 is 2.91 bits per heavy atom. The summed E-state index contributed by atoms with van der Waals surface area (Å²) in [6, 6.07) is 0. The quantitative estimate of drug-likeness (QED) is 0.863. The van der Waals surface area contributed by atoms with E-state index in [1.807, 2.05) is 0 Å². The number of H-pyrrole nitrogens is 1. The van der Waals surface area contributed by atoms with Crippen molar-refractivity contribution in [2.45, 2.75) is 32.4 Å². The molecule has 2 aromatic heterocycles. The van der Waals surface area contributed by atoms with Gasteiger partial charge < -0.3 is 9.15 Å². The predicted octanol–water partition coefficient (Wildman–Crippen LogP) is 3.36. The Labute approximate surface area is 123 Å². The lowest BCUT2D eigenvalue weighted by atomic mass is 9.84. The molecule has 1 N–H and O–H groups in total. The molecule has 0 radical (unpaired) electrons. The van der Waals surface area contributed by atoms with Crippen molar-refractivity contribution in [2.24, 2.45) is 0 Å². The fraction of sp³-hybridized carbons (Fsp3) is 0.429. The molecule has 0 saturated carbocycles. The van der Waals surface area contributed by atoms with E-state index >= 15 is 0 Å². The number of aromatic nitrogens is 2. The molecule has 3 rings (SSSR count). The third kappa shape index (κ3) is 2.10. The number of furan rings is 1. The number of hydrogen-bond acceptors (Lipinski definition) is 4. The highest BCUT2D eigenvalue weighted by atomic mass is 19.4. The van der Waals surface area contributed by atoms with Gasteiger partial charge in [0, 0.05) is 23.1 Å². The van der Waals surface area contributed by atoms with Crippen molar-refractivity contribution in [1.29, 1.82) is 0 Å². The van der Waals surface area contributed by atoms with E-state index in [9.17, 15) is 18.0 Å². The van der Waals surface area contributed by atoms with Crippen LogP contribution in [0.3, 0.4) is 0 Å². The molecule has 2 aromatic rings. The Kier molecular flexibility index (Phi) is 3.26. The average Bonchev–Trinajstić information content (AvgIpc) is 3.01. The molecular formula is C14H13F3N2O3. The second-order valence-electron chi connectivity index (χ2n) is 5.07. The third-order valence-electron chi connectivity index (χ3n) is 3.76. The number of aromatic amines is 1. The van der Waals surface area contributed by atoms with Crippen LogP contribution in [0, 0.1) is 6.92 Å². The zero-order valence-corrected chi connectivity index (χ0v) is 11.9. The summed E-state index contributed by atoms with van der Waals surface area (Å²) in [4.78, 5) is 11.8. The van der Waals surface area contributed by atoms with Gasteiger partial charge in [-0.15, -0.1) is 0 Å². The molecule has 1 aliphatic rings. The lowest BCUT2D eigenvalue weighted by Gasteiger charge is -2.23. The van der Waals surface area contributed by atoms with Gasteiger partial charge in [-0.2, -0.15) is 18.3 Å². The molecule has 0 amide bonds. The first-order chi connectivity index (χ1) is 10.3. The van der Waals surface area contributed by atoms with Crippen LogP contribution < -0.4 is 0 Å². The van der Waals surface area contributed by atoms with Crippen molar-refractivity contribution in [3.05, 3.63) is 28.8 Å². The molecule has 1 aliphatic carbocycles. The van der Waals surface area contributed by atoms with Gasteiger partial charge in [-0.1, -0.05) is 0 Å². The van der Waals surface area contributed by atoms with Crippen LogP contribution in [0.15, 0.2) is 10.6 Å².